The zero-order valence-corrected chi connectivity index (χ0v) is 50.4. The Morgan fingerprint density at radius 1 is 0.362 bits per heavy atom. The fraction of sp³-hybridized carbons (Fsp3) is 0.797. The van der Waals surface area contributed by atoms with E-state index in [1.165, 1.54) is 14.0 Å². The molecule has 4 atom stereocenters. The number of nitrogens with zero attached hydrogens (tertiary/aromatic N) is 9. The Bertz CT molecular complexity index is 2280. The van der Waals surface area contributed by atoms with Crippen LogP contribution in [-0.4, -0.2) is 120 Å². The van der Waals surface area contributed by atoms with E-state index < -0.39 is 35.8 Å². The normalized spacial score (nSPS) is 12.9. The lowest BCUT2D eigenvalue weighted by Crippen LogP contribution is -2.22. The first-order valence-corrected chi connectivity index (χ1v) is 30.6. The number of carbonyl (C=O) groups excluding carboxylic acids is 6. The van der Waals surface area contributed by atoms with Crippen molar-refractivity contribution >= 4 is 35.8 Å². The van der Waals surface area contributed by atoms with Crippen LogP contribution in [0, 0.1) is 23.7 Å². The second-order valence-electron chi connectivity index (χ2n) is 21.5. The van der Waals surface area contributed by atoms with Crippen molar-refractivity contribution in [3.05, 3.63) is 34.2 Å². The molecule has 21 heteroatoms. The summed E-state index contributed by atoms with van der Waals surface area (Å²) in [6.07, 6.45) is 20.4. The molecule has 0 aromatic carbocycles. The Morgan fingerprint density at radius 2 is 0.662 bits per heavy atom. The lowest BCUT2D eigenvalue weighted by molar-refractivity contribution is 0.0369. The lowest BCUT2D eigenvalue weighted by atomic mass is 10.0. The standard InChI is InChI=1S/C59H99N9O12/c1-11-19-31-44(15-5)39-77-55(70)48-51(57(72)79-41-46(17-7)33-21-13-3)66(63-60-48)35-27-23-25-29-37-75-54(69)50-53(68(43(9)10)65-62-50)59(74)76-38-30-26-24-28-36-67-52(58(73)80-42-47(18-8)34-22-14-4)49(61-64-67)56(71)78-40-45(16-6)32-20-12-2/h43-47H,11-42H2,1-10H3. The van der Waals surface area contributed by atoms with E-state index in [2.05, 4.69) is 86.3 Å². The molecule has 0 aliphatic carbocycles. The van der Waals surface area contributed by atoms with Gasteiger partial charge >= 0.3 is 35.8 Å². The number of hydrogen-bond acceptors (Lipinski definition) is 18. The van der Waals surface area contributed by atoms with Gasteiger partial charge in [0.1, 0.15) is 0 Å². The predicted octanol–water partition coefficient (Wildman–Crippen LogP) is 12.4. The van der Waals surface area contributed by atoms with Crippen LogP contribution in [0.2, 0.25) is 0 Å². The molecule has 0 aliphatic heterocycles. The first-order chi connectivity index (χ1) is 38.7. The van der Waals surface area contributed by atoms with Crippen LogP contribution in [0.3, 0.4) is 0 Å². The molecule has 21 nitrogen and oxygen atoms in total. The smallest absolute Gasteiger partial charge is 0.361 e. The van der Waals surface area contributed by atoms with Crippen LogP contribution >= 0.6 is 0 Å². The molecule has 3 heterocycles. The fourth-order valence-electron chi connectivity index (χ4n) is 9.14. The molecule has 0 spiro atoms. The van der Waals surface area contributed by atoms with E-state index in [0.717, 1.165) is 103 Å². The maximum Gasteiger partial charge on any atom is 0.361 e. The number of unbranched alkanes of at least 4 members (excludes halogenated alkanes) is 10. The number of aromatic nitrogens is 9. The second-order valence-corrected chi connectivity index (χ2v) is 21.5. The summed E-state index contributed by atoms with van der Waals surface area (Å²) in [7, 11) is 0. The van der Waals surface area contributed by atoms with Crippen LogP contribution < -0.4 is 0 Å². The third kappa shape index (κ3) is 23.4. The molecule has 0 amide bonds. The van der Waals surface area contributed by atoms with Crippen molar-refractivity contribution in [2.45, 2.75) is 242 Å². The summed E-state index contributed by atoms with van der Waals surface area (Å²) in [6.45, 7) is 22.1. The van der Waals surface area contributed by atoms with Gasteiger partial charge in [0.05, 0.1) is 39.6 Å². The van der Waals surface area contributed by atoms with Gasteiger partial charge in [0.2, 0.25) is 17.1 Å². The molecule has 4 unspecified atom stereocenters. The maximum absolute atomic E-state index is 13.6. The van der Waals surface area contributed by atoms with E-state index in [4.69, 9.17) is 28.4 Å². The summed E-state index contributed by atoms with van der Waals surface area (Å²) in [6, 6.07) is -0.307. The Balaban J connectivity index is 1.54. The Morgan fingerprint density at radius 3 is 1.01 bits per heavy atom. The molecule has 0 radical (unpaired) electrons. The lowest BCUT2D eigenvalue weighted by Gasteiger charge is -2.16. The first-order valence-electron chi connectivity index (χ1n) is 30.6. The quantitative estimate of drug-likeness (QED) is 0.0290. The summed E-state index contributed by atoms with van der Waals surface area (Å²) in [4.78, 5) is 80.7. The molecule has 3 aromatic rings. The van der Waals surface area contributed by atoms with Crippen molar-refractivity contribution in [3.8, 4) is 0 Å². The van der Waals surface area contributed by atoms with Gasteiger partial charge in [-0.15, -0.1) is 15.3 Å². The van der Waals surface area contributed by atoms with Crippen molar-refractivity contribution in [1.82, 2.24) is 45.0 Å². The summed E-state index contributed by atoms with van der Waals surface area (Å²) >= 11 is 0. The number of rotatable bonds is 45. The van der Waals surface area contributed by atoms with Gasteiger partial charge < -0.3 is 28.4 Å². The van der Waals surface area contributed by atoms with Crippen LogP contribution in [-0.2, 0) is 41.5 Å². The van der Waals surface area contributed by atoms with Gasteiger partial charge in [-0.2, -0.15) is 0 Å². The minimum Gasteiger partial charge on any atom is -0.461 e. The van der Waals surface area contributed by atoms with E-state index in [1.807, 2.05) is 13.8 Å². The highest BCUT2D eigenvalue weighted by molar-refractivity contribution is 6.01. The summed E-state index contributed by atoms with van der Waals surface area (Å²) in [5.74, 6) is -3.40. The maximum atomic E-state index is 13.6. The van der Waals surface area contributed by atoms with Crippen molar-refractivity contribution < 1.29 is 57.2 Å². The van der Waals surface area contributed by atoms with Gasteiger partial charge in [-0.1, -0.05) is 161 Å². The molecular weight excluding hydrogens is 1030 g/mol. The predicted molar refractivity (Wildman–Crippen MR) is 302 cm³/mol. The van der Waals surface area contributed by atoms with Gasteiger partial charge in [0.15, 0.2) is 17.1 Å². The molecule has 452 valence electrons. The van der Waals surface area contributed by atoms with Gasteiger partial charge in [-0.3, -0.25) is 0 Å². The van der Waals surface area contributed by atoms with Gasteiger partial charge in [-0.25, -0.2) is 42.8 Å². The Hall–Kier alpha value is -5.76. The molecule has 0 saturated heterocycles. The number of carbonyl (C=O) groups is 6. The first kappa shape index (κ1) is 68.5. The zero-order valence-electron chi connectivity index (χ0n) is 50.4. The van der Waals surface area contributed by atoms with Crippen molar-refractivity contribution in [1.29, 1.82) is 0 Å². The highest BCUT2D eigenvalue weighted by atomic mass is 16.6. The van der Waals surface area contributed by atoms with E-state index in [0.29, 0.717) is 64.5 Å². The number of esters is 6. The molecule has 0 fully saturated rings. The van der Waals surface area contributed by atoms with Gasteiger partial charge in [0, 0.05) is 19.1 Å². The average Bonchev–Trinajstić information content (AvgIpc) is 4.29. The molecule has 80 heavy (non-hydrogen) atoms. The molecule has 0 aliphatic rings. The molecule has 0 bridgehead atoms. The van der Waals surface area contributed by atoms with E-state index in [9.17, 15) is 28.8 Å². The summed E-state index contributed by atoms with van der Waals surface area (Å²) in [5.41, 5.74) is -0.643. The number of ether oxygens (including phenoxy) is 6. The summed E-state index contributed by atoms with van der Waals surface area (Å²) in [5, 5.41) is 24.6. The molecular formula is C59H99N9O12. The Labute approximate surface area is 476 Å². The molecule has 0 saturated carbocycles. The molecule has 3 aromatic heterocycles. The van der Waals surface area contributed by atoms with E-state index in [-0.39, 0.29) is 104 Å². The number of hydrogen-bond donors (Lipinski definition) is 0. The van der Waals surface area contributed by atoms with Crippen molar-refractivity contribution in [2.75, 3.05) is 39.6 Å². The van der Waals surface area contributed by atoms with Gasteiger partial charge in [0.25, 0.3) is 0 Å². The molecule has 3 rings (SSSR count). The fourth-order valence-corrected chi connectivity index (χ4v) is 9.14. The van der Waals surface area contributed by atoms with Crippen LogP contribution in [0.5, 0.6) is 0 Å². The number of aryl methyl sites for hydroxylation is 2. The molecule has 0 N–H and O–H groups in total. The second kappa shape index (κ2) is 39.6. The van der Waals surface area contributed by atoms with Crippen LogP contribution in [0.25, 0.3) is 0 Å². The van der Waals surface area contributed by atoms with Crippen LogP contribution in [0.1, 0.15) is 292 Å². The SMILES string of the molecule is CCCCC(CC)COC(=O)c1nnn(CCCCCCOC(=O)c2nnn(C(C)C)c2C(=O)OCCCCCCn2nnc(C(=O)OCC(CC)CCCC)c2C(=O)OCC(CC)CCCC)c1C(=O)OCC(CC)CCCC. The third-order valence-corrected chi connectivity index (χ3v) is 14.8. The zero-order chi connectivity index (χ0) is 58.7. The van der Waals surface area contributed by atoms with Gasteiger partial charge in [-0.05, 0) is 102 Å². The highest BCUT2D eigenvalue weighted by Gasteiger charge is 2.32. The minimum atomic E-state index is -0.795. The van der Waals surface area contributed by atoms with Crippen LogP contribution in [0.4, 0.5) is 0 Å². The van der Waals surface area contributed by atoms with E-state index >= 15 is 0 Å². The summed E-state index contributed by atoms with van der Waals surface area (Å²) < 4.78 is 38.2. The minimum absolute atomic E-state index is 0.0118. The highest BCUT2D eigenvalue weighted by Crippen LogP contribution is 2.22. The topological polar surface area (TPSA) is 250 Å². The van der Waals surface area contributed by atoms with Crippen molar-refractivity contribution in [3.63, 3.8) is 0 Å². The third-order valence-electron chi connectivity index (χ3n) is 14.8. The average molecular weight is 1130 g/mol. The Kier molecular flexibility index (Phi) is 33.9. The largest absolute Gasteiger partial charge is 0.461 e. The van der Waals surface area contributed by atoms with Crippen LogP contribution in [0.15, 0.2) is 0 Å². The van der Waals surface area contributed by atoms with E-state index in [1.54, 1.807) is 0 Å². The van der Waals surface area contributed by atoms with Crippen molar-refractivity contribution in [2.24, 2.45) is 23.7 Å². The monoisotopic (exact) mass is 1130 g/mol.